The molecule has 0 bridgehead atoms. The highest BCUT2D eigenvalue weighted by Gasteiger charge is 2.12. The van der Waals surface area contributed by atoms with Crippen LogP contribution < -0.4 is 14.8 Å². The molecule has 21 heavy (non-hydrogen) atoms. The van der Waals surface area contributed by atoms with E-state index < -0.39 is 0 Å². The maximum absolute atomic E-state index is 11.6. The van der Waals surface area contributed by atoms with Gasteiger partial charge in [-0.15, -0.1) is 0 Å². The number of carbonyl (C=O) groups is 1. The van der Waals surface area contributed by atoms with E-state index in [1.807, 2.05) is 6.92 Å². The lowest BCUT2D eigenvalue weighted by molar-refractivity contribution is -0.115. The molecule has 2 aromatic rings. The second-order valence-corrected chi connectivity index (χ2v) is 4.44. The molecule has 0 aliphatic carbocycles. The van der Waals surface area contributed by atoms with E-state index in [4.69, 9.17) is 14.0 Å². The van der Waals surface area contributed by atoms with Crippen molar-refractivity contribution in [3.63, 3.8) is 0 Å². The first-order valence-corrected chi connectivity index (χ1v) is 6.32. The Bertz CT molecular complexity index is 740. The molecule has 106 valence electrons. The molecule has 1 N–H and O–H groups in total. The molecular formula is C15H12N2O4. The SMILES string of the molecule is Cc1cc(CNC(=O)C#Cc2ccc3c(c2)OCO3)on1. The molecule has 0 radical (unpaired) electrons. The molecule has 3 rings (SSSR count). The number of nitrogens with one attached hydrogen (secondary N) is 1. The van der Waals surface area contributed by atoms with Crippen LogP contribution in [0, 0.1) is 18.8 Å². The van der Waals surface area contributed by atoms with E-state index in [2.05, 4.69) is 22.3 Å². The molecule has 0 fully saturated rings. The van der Waals surface area contributed by atoms with Crippen molar-refractivity contribution in [1.82, 2.24) is 10.5 Å². The van der Waals surface area contributed by atoms with Gasteiger partial charge < -0.3 is 19.3 Å². The molecule has 0 saturated heterocycles. The molecule has 1 aromatic heterocycles. The Morgan fingerprint density at radius 2 is 2.19 bits per heavy atom. The first-order valence-electron chi connectivity index (χ1n) is 6.32. The summed E-state index contributed by atoms with van der Waals surface area (Å²) in [5, 5.41) is 6.37. The Morgan fingerprint density at radius 3 is 3.00 bits per heavy atom. The zero-order valence-corrected chi connectivity index (χ0v) is 11.3. The number of carbonyl (C=O) groups excluding carboxylic acids is 1. The van der Waals surface area contributed by atoms with E-state index in [1.165, 1.54) is 0 Å². The van der Waals surface area contributed by atoms with Gasteiger partial charge in [0.25, 0.3) is 5.91 Å². The lowest BCUT2D eigenvalue weighted by atomic mass is 10.2. The van der Waals surface area contributed by atoms with Gasteiger partial charge in [0, 0.05) is 17.6 Å². The fourth-order valence-electron chi connectivity index (χ4n) is 1.81. The first kappa shape index (κ1) is 13.1. The standard InChI is InChI=1S/C15H12N2O4/c1-10-6-12(21-17-10)8-16-15(18)5-3-11-2-4-13-14(7-11)20-9-19-13/h2,4,6-7H,8-9H2,1H3,(H,16,18). The molecule has 0 spiro atoms. The van der Waals surface area contributed by atoms with Gasteiger partial charge in [0.05, 0.1) is 12.2 Å². The van der Waals surface area contributed by atoms with Crippen LogP contribution in [0.4, 0.5) is 0 Å². The monoisotopic (exact) mass is 284 g/mol. The number of amides is 1. The molecule has 6 heteroatoms. The summed E-state index contributed by atoms with van der Waals surface area (Å²) < 4.78 is 15.4. The number of fused-ring (bicyclic) bond motifs is 1. The van der Waals surface area contributed by atoms with Crippen molar-refractivity contribution in [2.75, 3.05) is 6.79 Å². The fraction of sp³-hybridized carbons (Fsp3) is 0.200. The van der Waals surface area contributed by atoms with Gasteiger partial charge in [-0.25, -0.2) is 0 Å². The van der Waals surface area contributed by atoms with Crippen molar-refractivity contribution in [2.45, 2.75) is 13.5 Å². The quantitative estimate of drug-likeness (QED) is 0.843. The van der Waals surface area contributed by atoms with Crippen LogP contribution in [0.1, 0.15) is 17.0 Å². The largest absolute Gasteiger partial charge is 0.454 e. The lowest BCUT2D eigenvalue weighted by Gasteiger charge is -1.96. The number of aryl methyl sites for hydroxylation is 1. The van der Waals surface area contributed by atoms with Crippen LogP contribution in [0.3, 0.4) is 0 Å². The number of ether oxygens (including phenoxy) is 2. The highest BCUT2D eigenvalue weighted by molar-refractivity contribution is 5.94. The predicted octanol–water partition coefficient (Wildman–Crippen LogP) is 1.38. The van der Waals surface area contributed by atoms with Crippen LogP contribution in [0.5, 0.6) is 11.5 Å². The minimum atomic E-state index is -0.387. The van der Waals surface area contributed by atoms with Gasteiger partial charge in [-0.1, -0.05) is 11.1 Å². The average molecular weight is 284 g/mol. The van der Waals surface area contributed by atoms with Gasteiger partial charge in [-0.3, -0.25) is 4.79 Å². The lowest BCUT2D eigenvalue weighted by Crippen LogP contribution is -2.20. The van der Waals surface area contributed by atoms with Crippen molar-refractivity contribution in [3.8, 4) is 23.3 Å². The van der Waals surface area contributed by atoms with E-state index in [0.29, 0.717) is 22.8 Å². The molecule has 1 aliphatic rings. The minimum absolute atomic E-state index is 0.212. The van der Waals surface area contributed by atoms with Gasteiger partial charge in [0.2, 0.25) is 6.79 Å². The molecule has 0 atom stereocenters. The van der Waals surface area contributed by atoms with Crippen molar-refractivity contribution < 1.29 is 18.8 Å². The smallest absolute Gasteiger partial charge is 0.296 e. The Kier molecular flexibility index (Phi) is 3.48. The number of nitrogens with zero attached hydrogens (tertiary/aromatic N) is 1. The molecule has 1 aliphatic heterocycles. The maximum Gasteiger partial charge on any atom is 0.296 e. The normalized spacial score (nSPS) is 11.7. The van der Waals surface area contributed by atoms with E-state index in [-0.39, 0.29) is 19.2 Å². The zero-order chi connectivity index (χ0) is 14.7. The van der Waals surface area contributed by atoms with Gasteiger partial charge >= 0.3 is 0 Å². The summed E-state index contributed by atoms with van der Waals surface area (Å²) in [6, 6.07) is 7.03. The number of rotatable bonds is 2. The third-order valence-electron chi connectivity index (χ3n) is 2.79. The number of benzene rings is 1. The number of hydrogen-bond donors (Lipinski definition) is 1. The predicted molar refractivity (Wildman–Crippen MR) is 72.5 cm³/mol. The Balaban J connectivity index is 1.60. The average Bonchev–Trinajstić information content (AvgIpc) is 3.10. The molecule has 0 unspecified atom stereocenters. The molecule has 1 aromatic carbocycles. The van der Waals surface area contributed by atoms with Crippen molar-refractivity contribution >= 4 is 5.91 Å². The van der Waals surface area contributed by atoms with Gasteiger partial charge in [-0.05, 0) is 25.1 Å². The summed E-state index contributed by atoms with van der Waals surface area (Å²) in [5.41, 5.74) is 1.45. The summed E-state index contributed by atoms with van der Waals surface area (Å²) >= 11 is 0. The van der Waals surface area contributed by atoms with Crippen LogP contribution in [-0.4, -0.2) is 17.9 Å². The second-order valence-electron chi connectivity index (χ2n) is 4.44. The molecule has 1 amide bonds. The van der Waals surface area contributed by atoms with E-state index in [9.17, 15) is 4.79 Å². The van der Waals surface area contributed by atoms with Crippen LogP contribution in [-0.2, 0) is 11.3 Å². The Labute approximate surface area is 121 Å². The Hall–Kier alpha value is -2.94. The summed E-state index contributed by atoms with van der Waals surface area (Å²) in [5.74, 6) is 6.81. The fourth-order valence-corrected chi connectivity index (χ4v) is 1.81. The number of aromatic nitrogens is 1. The summed E-state index contributed by atoms with van der Waals surface area (Å²) in [4.78, 5) is 11.6. The van der Waals surface area contributed by atoms with E-state index in [1.54, 1.807) is 24.3 Å². The topological polar surface area (TPSA) is 73.6 Å². The second kappa shape index (κ2) is 5.59. The highest BCUT2D eigenvalue weighted by atomic mass is 16.7. The molecule has 2 heterocycles. The highest BCUT2D eigenvalue weighted by Crippen LogP contribution is 2.32. The van der Waals surface area contributed by atoms with Crippen LogP contribution >= 0.6 is 0 Å². The minimum Gasteiger partial charge on any atom is -0.454 e. The summed E-state index contributed by atoms with van der Waals surface area (Å²) in [7, 11) is 0. The van der Waals surface area contributed by atoms with Crippen LogP contribution in [0.15, 0.2) is 28.8 Å². The third-order valence-corrected chi connectivity index (χ3v) is 2.79. The molecular weight excluding hydrogens is 272 g/mol. The van der Waals surface area contributed by atoms with Crippen LogP contribution in [0.2, 0.25) is 0 Å². The van der Waals surface area contributed by atoms with Crippen molar-refractivity contribution in [1.29, 1.82) is 0 Å². The van der Waals surface area contributed by atoms with E-state index in [0.717, 1.165) is 5.69 Å². The van der Waals surface area contributed by atoms with Gasteiger partial charge in [0.1, 0.15) is 0 Å². The zero-order valence-electron chi connectivity index (χ0n) is 11.3. The summed E-state index contributed by atoms with van der Waals surface area (Å²) in [6.45, 7) is 2.28. The van der Waals surface area contributed by atoms with Crippen molar-refractivity contribution in [3.05, 3.63) is 41.3 Å². The summed E-state index contributed by atoms with van der Waals surface area (Å²) in [6.07, 6.45) is 0. The maximum atomic E-state index is 11.6. The number of hydrogen-bond acceptors (Lipinski definition) is 5. The molecule has 0 saturated carbocycles. The van der Waals surface area contributed by atoms with Gasteiger partial charge in [0.15, 0.2) is 17.3 Å². The third kappa shape index (κ3) is 3.15. The molecule has 6 nitrogen and oxygen atoms in total. The first-order chi connectivity index (χ1) is 10.2. The van der Waals surface area contributed by atoms with Crippen LogP contribution in [0.25, 0.3) is 0 Å². The van der Waals surface area contributed by atoms with E-state index >= 15 is 0 Å². The Morgan fingerprint density at radius 1 is 1.33 bits per heavy atom. The van der Waals surface area contributed by atoms with Crippen molar-refractivity contribution in [2.24, 2.45) is 0 Å². The van der Waals surface area contributed by atoms with Gasteiger partial charge in [-0.2, -0.15) is 0 Å².